The first-order valence-corrected chi connectivity index (χ1v) is 6.35. The van der Waals surface area contributed by atoms with Crippen molar-refractivity contribution >= 4 is 5.82 Å². The molecule has 2 heterocycles. The molecule has 1 aliphatic heterocycles. The smallest absolute Gasteiger partial charge is 0.382 e. The Morgan fingerprint density at radius 2 is 1.84 bits per heavy atom. The van der Waals surface area contributed by atoms with Crippen molar-refractivity contribution in [3.05, 3.63) is 12.0 Å². The van der Waals surface area contributed by atoms with Gasteiger partial charge in [0, 0.05) is 6.54 Å². The van der Waals surface area contributed by atoms with Crippen molar-refractivity contribution < 1.29 is 13.2 Å². The molecule has 0 spiro atoms. The molecule has 0 aromatic carbocycles. The van der Waals surface area contributed by atoms with E-state index in [0.717, 1.165) is 30.5 Å². The van der Waals surface area contributed by atoms with Crippen molar-refractivity contribution in [1.29, 1.82) is 0 Å². The van der Waals surface area contributed by atoms with Crippen LogP contribution in [0.4, 0.5) is 19.0 Å². The Bertz CT molecular complexity index is 444. The standard InChI is InChI=1S/C12H19F3N4/c1-11(2,7-18-5-3-4-6-18)19-8-17-10(16)9(19)12(13,14)15/h8H,3-7,16H2,1-2H3. The third-order valence-electron chi connectivity index (χ3n) is 3.53. The summed E-state index contributed by atoms with van der Waals surface area (Å²) >= 11 is 0. The minimum absolute atomic E-state index is 0.456. The number of alkyl halides is 3. The first kappa shape index (κ1) is 14.2. The van der Waals surface area contributed by atoms with E-state index < -0.39 is 23.2 Å². The van der Waals surface area contributed by atoms with Gasteiger partial charge in [-0.15, -0.1) is 0 Å². The van der Waals surface area contributed by atoms with E-state index >= 15 is 0 Å². The lowest BCUT2D eigenvalue weighted by molar-refractivity contribution is -0.144. The van der Waals surface area contributed by atoms with Gasteiger partial charge < -0.3 is 15.2 Å². The number of imidazole rings is 1. The van der Waals surface area contributed by atoms with Gasteiger partial charge in [0.25, 0.3) is 0 Å². The fourth-order valence-electron chi connectivity index (χ4n) is 2.67. The fourth-order valence-corrected chi connectivity index (χ4v) is 2.67. The third kappa shape index (κ3) is 2.86. The number of rotatable bonds is 3. The molecule has 2 N–H and O–H groups in total. The minimum atomic E-state index is -4.48. The largest absolute Gasteiger partial charge is 0.435 e. The number of hydrogen-bond acceptors (Lipinski definition) is 3. The van der Waals surface area contributed by atoms with Crippen LogP contribution in [0.25, 0.3) is 0 Å². The molecule has 0 atom stereocenters. The van der Waals surface area contributed by atoms with E-state index in [9.17, 15) is 13.2 Å². The average Bonchev–Trinajstić information content (AvgIpc) is 2.85. The van der Waals surface area contributed by atoms with Crippen molar-refractivity contribution in [3.63, 3.8) is 0 Å². The molecule has 0 amide bonds. The first-order chi connectivity index (χ1) is 8.72. The van der Waals surface area contributed by atoms with Crippen LogP contribution in [-0.4, -0.2) is 34.1 Å². The van der Waals surface area contributed by atoms with E-state index in [1.807, 2.05) is 0 Å². The van der Waals surface area contributed by atoms with E-state index in [1.54, 1.807) is 13.8 Å². The van der Waals surface area contributed by atoms with Crippen LogP contribution in [0.5, 0.6) is 0 Å². The zero-order valence-electron chi connectivity index (χ0n) is 11.2. The predicted octanol–water partition coefficient (Wildman–Crippen LogP) is 2.31. The summed E-state index contributed by atoms with van der Waals surface area (Å²) in [6, 6.07) is 0. The number of likely N-dealkylation sites (tertiary alicyclic amines) is 1. The molecule has 1 fully saturated rings. The summed E-state index contributed by atoms with van der Waals surface area (Å²) in [5.74, 6) is -0.456. The summed E-state index contributed by atoms with van der Waals surface area (Å²) in [7, 11) is 0. The van der Waals surface area contributed by atoms with E-state index in [1.165, 1.54) is 6.33 Å². The maximum absolute atomic E-state index is 13.0. The molecule has 0 bridgehead atoms. The molecular weight excluding hydrogens is 257 g/mol. The predicted molar refractivity (Wildman–Crippen MR) is 66.6 cm³/mol. The van der Waals surface area contributed by atoms with Crippen LogP contribution in [0.3, 0.4) is 0 Å². The molecule has 1 aliphatic rings. The van der Waals surface area contributed by atoms with Gasteiger partial charge in [-0.25, -0.2) is 4.98 Å². The van der Waals surface area contributed by atoms with Gasteiger partial charge >= 0.3 is 6.18 Å². The summed E-state index contributed by atoms with van der Waals surface area (Å²) in [5, 5.41) is 0. The second-order valence-electron chi connectivity index (χ2n) is 5.64. The van der Waals surface area contributed by atoms with Crippen molar-refractivity contribution in [2.24, 2.45) is 0 Å². The van der Waals surface area contributed by atoms with Crippen LogP contribution in [0.1, 0.15) is 32.4 Å². The molecule has 108 valence electrons. The number of anilines is 1. The van der Waals surface area contributed by atoms with Crippen LogP contribution in [0.2, 0.25) is 0 Å². The maximum atomic E-state index is 13.0. The minimum Gasteiger partial charge on any atom is -0.382 e. The van der Waals surface area contributed by atoms with Crippen molar-refractivity contribution in [1.82, 2.24) is 14.5 Å². The zero-order valence-corrected chi connectivity index (χ0v) is 11.2. The van der Waals surface area contributed by atoms with Crippen molar-refractivity contribution in [3.8, 4) is 0 Å². The van der Waals surface area contributed by atoms with E-state index in [0.29, 0.717) is 6.54 Å². The third-order valence-corrected chi connectivity index (χ3v) is 3.53. The number of halogens is 3. The molecule has 7 heteroatoms. The van der Waals surface area contributed by atoms with Gasteiger partial charge in [0.05, 0.1) is 11.9 Å². The average molecular weight is 276 g/mol. The molecule has 0 unspecified atom stereocenters. The molecule has 0 radical (unpaired) electrons. The SMILES string of the molecule is CC(C)(CN1CCCC1)n1cnc(N)c1C(F)(F)F. The molecular formula is C12H19F3N4. The number of nitrogens with two attached hydrogens (primary N) is 1. The van der Waals surface area contributed by atoms with Gasteiger partial charge in [0.1, 0.15) is 0 Å². The van der Waals surface area contributed by atoms with Gasteiger partial charge in [-0.05, 0) is 39.8 Å². The second kappa shape index (κ2) is 4.70. The Morgan fingerprint density at radius 1 is 1.26 bits per heavy atom. The van der Waals surface area contributed by atoms with Gasteiger partial charge in [-0.1, -0.05) is 0 Å². The molecule has 19 heavy (non-hydrogen) atoms. The maximum Gasteiger partial charge on any atom is 0.435 e. The van der Waals surface area contributed by atoms with Crippen molar-refractivity contribution in [2.75, 3.05) is 25.4 Å². The highest BCUT2D eigenvalue weighted by Gasteiger charge is 2.41. The molecule has 4 nitrogen and oxygen atoms in total. The topological polar surface area (TPSA) is 47.1 Å². The number of aromatic nitrogens is 2. The van der Waals surface area contributed by atoms with Gasteiger partial charge in [0.2, 0.25) is 0 Å². The van der Waals surface area contributed by atoms with Crippen LogP contribution < -0.4 is 5.73 Å². The van der Waals surface area contributed by atoms with E-state index in [2.05, 4.69) is 9.88 Å². The molecule has 1 aromatic rings. The summed E-state index contributed by atoms with van der Waals surface area (Å²) in [5.41, 5.74) is 3.82. The fraction of sp³-hybridized carbons (Fsp3) is 0.750. The zero-order chi connectivity index (χ0) is 14.3. The van der Waals surface area contributed by atoms with Gasteiger partial charge in [0.15, 0.2) is 11.5 Å². The van der Waals surface area contributed by atoms with Gasteiger partial charge in [-0.2, -0.15) is 13.2 Å². The van der Waals surface area contributed by atoms with Crippen LogP contribution >= 0.6 is 0 Å². The normalized spacial score (nSPS) is 18.2. The Morgan fingerprint density at radius 3 is 2.37 bits per heavy atom. The Hall–Kier alpha value is -1.24. The summed E-state index contributed by atoms with van der Waals surface area (Å²) in [4.78, 5) is 5.80. The van der Waals surface area contributed by atoms with Crippen LogP contribution in [0.15, 0.2) is 6.33 Å². The molecule has 1 aromatic heterocycles. The number of nitrogens with zero attached hydrogens (tertiary/aromatic N) is 3. The van der Waals surface area contributed by atoms with E-state index in [-0.39, 0.29) is 0 Å². The molecule has 1 saturated heterocycles. The lowest BCUT2D eigenvalue weighted by atomic mass is 10.0. The summed E-state index contributed by atoms with van der Waals surface area (Å²) in [6.45, 7) is 6.00. The lowest BCUT2D eigenvalue weighted by Gasteiger charge is -2.33. The Labute approximate surface area is 110 Å². The number of hydrogen-bond donors (Lipinski definition) is 1. The number of nitrogen functional groups attached to an aromatic ring is 1. The summed E-state index contributed by atoms with van der Waals surface area (Å²) in [6.07, 6.45) is -1.08. The second-order valence-corrected chi connectivity index (χ2v) is 5.64. The highest BCUT2D eigenvalue weighted by Crippen LogP contribution is 2.36. The van der Waals surface area contributed by atoms with Gasteiger partial charge in [-0.3, -0.25) is 0 Å². The highest BCUT2D eigenvalue weighted by atomic mass is 19.4. The van der Waals surface area contributed by atoms with Crippen LogP contribution in [-0.2, 0) is 11.7 Å². The Balaban J connectivity index is 2.29. The summed E-state index contributed by atoms with van der Waals surface area (Å²) < 4.78 is 40.2. The Kier molecular flexibility index (Phi) is 3.51. The van der Waals surface area contributed by atoms with Crippen molar-refractivity contribution in [2.45, 2.75) is 38.4 Å². The van der Waals surface area contributed by atoms with E-state index in [4.69, 9.17) is 5.73 Å². The lowest BCUT2D eigenvalue weighted by Crippen LogP contribution is -2.41. The molecule has 0 saturated carbocycles. The molecule has 0 aliphatic carbocycles. The molecule has 2 rings (SSSR count). The monoisotopic (exact) mass is 276 g/mol. The first-order valence-electron chi connectivity index (χ1n) is 6.35. The van der Waals surface area contributed by atoms with Crippen LogP contribution in [0, 0.1) is 0 Å². The quantitative estimate of drug-likeness (QED) is 0.921. The highest BCUT2D eigenvalue weighted by molar-refractivity contribution is 5.38.